The molecule has 0 aromatic heterocycles. The molecule has 2 fully saturated rings. The lowest BCUT2D eigenvalue weighted by molar-refractivity contribution is 0.00843. The lowest BCUT2D eigenvalue weighted by atomic mass is 10.1. The lowest BCUT2D eigenvalue weighted by Crippen LogP contribution is -2.41. The molecule has 2 aliphatic heterocycles. The number of piperidine rings is 1. The minimum Gasteiger partial charge on any atom is -0.491 e. The Morgan fingerprint density at radius 1 is 1.26 bits per heavy atom. The number of hydrogen-bond donors (Lipinski definition) is 1. The largest absolute Gasteiger partial charge is 0.491 e. The number of benzene rings is 1. The molecule has 2 aliphatic rings. The van der Waals surface area contributed by atoms with E-state index in [-0.39, 0.29) is 30.5 Å². The zero-order chi connectivity index (χ0) is 18.2. The third kappa shape index (κ3) is 6.64. The van der Waals surface area contributed by atoms with E-state index in [0.717, 1.165) is 57.6 Å². The molecule has 2 heterocycles. The Morgan fingerprint density at radius 3 is 2.78 bits per heavy atom. The van der Waals surface area contributed by atoms with E-state index in [1.807, 2.05) is 29.2 Å². The number of halogens is 1. The molecule has 0 spiro atoms. The second kappa shape index (κ2) is 11.5. The van der Waals surface area contributed by atoms with Gasteiger partial charge in [0.2, 0.25) is 0 Å². The van der Waals surface area contributed by atoms with Gasteiger partial charge in [-0.05, 0) is 56.8 Å². The van der Waals surface area contributed by atoms with Crippen molar-refractivity contribution in [3.8, 4) is 5.75 Å². The molecule has 0 bridgehead atoms. The average molecular weight is 399 g/mol. The van der Waals surface area contributed by atoms with Crippen molar-refractivity contribution in [2.24, 2.45) is 5.73 Å². The average Bonchev–Trinajstić information content (AvgIpc) is 3.20. The summed E-state index contributed by atoms with van der Waals surface area (Å²) in [4.78, 5) is 14.7. The van der Waals surface area contributed by atoms with Crippen LogP contribution in [0.2, 0.25) is 0 Å². The quantitative estimate of drug-likeness (QED) is 0.681. The van der Waals surface area contributed by atoms with Crippen molar-refractivity contribution < 1.29 is 19.0 Å². The molecule has 3 rings (SSSR count). The van der Waals surface area contributed by atoms with Crippen LogP contribution in [-0.4, -0.2) is 62.5 Å². The van der Waals surface area contributed by atoms with E-state index in [0.29, 0.717) is 25.3 Å². The first kappa shape index (κ1) is 22.0. The lowest BCUT2D eigenvalue weighted by Gasteiger charge is -2.32. The minimum atomic E-state index is 0. The predicted molar refractivity (Wildman–Crippen MR) is 107 cm³/mol. The molecular weight excluding hydrogens is 368 g/mol. The first-order valence-electron chi connectivity index (χ1n) is 9.71. The van der Waals surface area contributed by atoms with Crippen LogP contribution in [0.3, 0.4) is 0 Å². The normalized spacial score (nSPS) is 20.3. The number of hydrogen-bond acceptors (Lipinski definition) is 5. The van der Waals surface area contributed by atoms with E-state index in [9.17, 15) is 4.79 Å². The van der Waals surface area contributed by atoms with Crippen molar-refractivity contribution in [1.82, 2.24) is 4.90 Å². The number of carbonyl (C=O) groups excluding carboxylic acids is 1. The number of nitrogens with zero attached hydrogens (tertiary/aromatic N) is 1. The molecule has 1 atom stereocenters. The van der Waals surface area contributed by atoms with Gasteiger partial charge in [0, 0.05) is 31.9 Å². The Kier molecular flexibility index (Phi) is 9.34. The first-order chi connectivity index (χ1) is 12.8. The summed E-state index contributed by atoms with van der Waals surface area (Å²) < 4.78 is 17.2. The highest BCUT2D eigenvalue weighted by Crippen LogP contribution is 2.20. The molecule has 2 N–H and O–H groups in total. The fraction of sp³-hybridized carbons (Fsp3) is 0.650. The fourth-order valence-electron chi connectivity index (χ4n) is 3.43. The standard InChI is InChI=1S/C20H30N2O4.ClH/c21-9-3-13-24-17-7-10-22(11-8-17)20(23)16-4-1-5-18(14-16)26-15-19-6-2-12-25-19;/h1,4-5,14,17,19H,2-3,6-13,15,21H2;1H. The topological polar surface area (TPSA) is 74.0 Å². The summed E-state index contributed by atoms with van der Waals surface area (Å²) in [5.41, 5.74) is 6.17. The van der Waals surface area contributed by atoms with Crippen LogP contribution in [-0.2, 0) is 9.47 Å². The highest BCUT2D eigenvalue weighted by Gasteiger charge is 2.24. The van der Waals surface area contributed by atoms with Gasteiger partial charge in [-0.3, -0.25) is 4.79 Å². The Balaban J connectivity index is 0.00000261. The zero-order valence-electron chi connectivity index (χ0n) is 15.8. The number of amides is 1. The van der Waals surface area contributed by atoms with Crippen molar-refractivity contribution in [2.75, 3.05) is 39.5 Å². The van der Waals surface area contributed by atoms with E-state index in [1.165, 1.54) is 0 Å². The molecule has 6 nitrogen and oxygen atoms in total. The molecule has 1 unspecified atom stereocenters. The van der Waals surface area contributed by atoms with Gasteiger partial charge in [-0.2, -0.15) is 0 Å². The van der Waals surface area contributed by atoms with Crippen molar-refractivity contribution >= 4 is 18.3 Å². The number of rotatable bonds is 8. The number of nitrogens with two attached hydrogens (primary N) is 1. The summed E-state index contributed by atoms with van der Waals surface area (Å²) >= 11 is 0. The number of likely N-dealkylation sites (tertiary alicyclic amines) is 1. The van der Waals surface area contributed by atoms with Gasteiger partial charge in [0.15, 0.2) is 0 Å². The third-order valence-electron chi connectivity index (χ3n) is 4.97. The van der Waals surface area contributed by atoms with E-state index >= 15 is 0 Å². The highest BCUT2D eigenvalue weighted by atomic mass is 35.5. The van der Waals surface area contributed by atoms with Gasteiger partial charge in [0.25, 0.3) is 5.91 Å². The van der Waals surface area contributed by atoms with Gasteiger partial charge in [-0.15, -0.1) is 12.4 Å². The first-order valence-corrected chi connectivity index (χ1v) is 9.71. The van der Waals surface area contributed by atoms with Crippen molar-refractivity contribution in [1.29, 1.82) is 0 Å². The number of carbonyl (C=O) groups is 1. The number of ether oxygens (including phenoxy) is 3. The van der Waals surface area contributed by atoms with Crippen LogP contribution in [0.4, 0.5) is 0 Å². The van der Waals surface area contributed by atoms with E-state index in [2.05, 4.69) is 0 Å². The molecule has 1 aromatic carbocycles. The molecule has 7 heteroatoms. The summed E-state index contributed by atoms with van der Waals surface area (Å²) in [7, 11) is 0. The van der Waals surface area contributed by atoms with Crippen LogP contribution in [0, 0.1) is 0 Å². The predicted octanol–water partition coefficient (Wildman–Crippen LogP) is 2.64. The van der Waals surface area contributed by atoms with Gasteiger partial charge in [-0.1, -0.05) is 6.07 Å². The highest BCUT2D eigenvalue weighted by molar-refractivity contribution is 5.94. The summed E-state index contributed by atoms with van der Waals surface area (Å²) in [6, 6.07) is 7.45. The van der Waals surface area contributed by atoms with Crippen molar-refractivity contribution in [2.45, 2.75) is 44.3 Å². The fourth-order valence-corrected chi connectivity index (χ4v) is 3.43. The Hall–Kier alpha value is -1.34. The second-order valence-electron chi connectivity index (χ2n) is 6.98. The molecule has 1 aromatic rings. The Labute approximate surface area is 167 Å². The molecule has 0 aliphatic carbocycles. The molecule has 1 amide bonds. The smallest absolute Gasteiger partial charge is 0.253 e. The summed E-state index contributed by atoms with van der Waals surface area (Å²) in [5, 5.41) is 0. The second-order valence-corrected chi connectivity index (χ2v) is 6.98. The maximum atomic E-state index is 12.8. The van der Waals surface area contributed by atoms with Crippen LogP contribution >= 0.6 is 12.4 Å². The van der Waals surface area contributed by atoms with Gasteiger partial charge in [0.1, 0.15) is 12.4 Å². The SMILES string of the molecule is Cl.NCCCOC1CCN(C(=O)c2cccc(OCC3CCCO3)c2)CC1. The van der Waals surface area contributed by atoms with Gasteiger partial charge >= 0.3 is 0 Å². The molecule has 0 radical (unpaired) electrons. The van der Waals surface area contributed by atoms with E-state index in [1.54, 1.807) is 0 Å². The maximum absolute atomic E-state index is 12.8. The van der Waals surface area contributed by atoms with Gasteiger partial charge in [-0.25, -0.2) is 0 Å². The molecular formula is C20H31ClN2O4. The Morgan fingerprint density at radius 2 is 2.07 bits per heavy atom. The van der Waals surface area contributed by atoms with Crippen LogP contribution in [0.5, 0.6) is 5.75 Å². The summed E-state index contributed by atoms with van der Waals surface area (Å²) in [6.07, 6.45) is 5.20. The van der Waals surface area contributed by atoms with Crippen molar-refractivity contribution in [3.05, 3.63) is 29.8 Å². The zero-order valence-corrected chi connectivity index (χ0v) is 16.6. The molecule has 2 saturated heterocycles. The maximum Gasteiger partial charge on any atom is 0.253 e. The van der Waals surface area contributed by atoms with E-state index in [4.69, 9.17) is 19.9 Å². The van der Waals surface area contributed by atoms with Crippen LogP contribution < -0.4 is 10.5 Å². The van der Waals surface area contributed by atoms with Gasteiger partial charge in [0.05, 0.1) is 12.2 Å². The third-order valence-corrected chi connectivity index (χ3v) is 4.97. The van der Waals surface area contributed by atoms with Gasteiger partial charge < -0.3 is 24.8 Å². The monoisotopic (exact) mass is 398 g/mol. The molecule has 152 valence electrons. The van der Waals surface area contributed by atoms with Crippen LogP contribution in [0.25, 0.3) is 0 Å². The molecule has 27 heavy (non-hydrogen) atoms. The van der Waals surface area contributed by atoms with Crippen LogP contribution in [0.15, 0.2) is 24.3 Å². The van der Waals surface area contributed by atoms with E-state index < -0.39 is 0 Å². The molecule has 0 saturated carbocycles. The Bertz CT molecular complexity index is 573. The summed E-state index contributed by atoms with van der Waals surface area (Å²) in [5.74, 6) is 0.791. The van der Waals surface area contributed by atoms with Crippen LogP contribution in [0.1, 0.15) is 42.5 Å². The summed E-state index contributed by atoms with van der Waals surface area (Å²) in [6.45, 7) is 4.18. The van der Waals surface area contributed by atoms with Crippen molar-refractivity contribution in [3.63, 3.8) is 0 Å². The minimum absolute atomic E-state index is 0.